The van der Waals surface area contributed by atoms with Gasteiger partial charge in [-0.05, 0) is 84.7 Å². The van der Waals surface area contributed by atoms with Gasteiger partial charge in [0.2, 0.25) is 5.95 Å². The average molecular weight is 576 g/mol. The molecule has 2 atom stereocenters. The number of rotatable bonds is 7. The molecule has 222 valence electrons. The predicted molar refractivity (Wildman–Crippen MR) is 174 cm³/mol. The van der Waals surface area contributed by atoms with Crippen molar-refractivity contribution in [3.05, 3.63) is 101 Å². The molecule has 43 heavy (non-hydrogen) atoms. The van der Waals surface area contributed by atoms with Gasteiger partial charge in [0.25, 0.3) is 11.8 Å². The minimum absolute atomic E-state index is 0.0344. The van der Waals surface area contributed by atoms with E-state index >= 15 is 0 Å². The largest absolute Gasteiger partial charge is 0.349 e. The maximum Gasteiger partial charge on any atom is 0.255 e. The molecule has 2 amide bonds. The van der Waals surface area contributed by atoms with Gasteiger partial charge in [0.1, 0.15) is 0 Å². The van der Waals surface area contributed by atoms with Gasteiger partial charge in [0.05, 0.1) is 5.69 Å². The first-order chi connectivity index (χ1) is 20.6. The van der Waals surface area contributed by atoms with Crippen LogP contribution in [-0.4, -0.2) is 27.8 Å². The number of amides is 2. The van der Waals surface area contributed by atoms with Crippen molar-refractivity contribution >= 4 is 29.1 Å². The van der Waals surface area contributed by atoms with Crippen LogP contribution in [0.15, 0.2) is 79.0 Å². The highest BCUT2D eigenvalue weighted by molar-refractivity contribution is 6.06. The summed E-state index contributed by atoms with van der Waals surface area (Å²) < 4.78 is 0. The molecule has 3 aromatic carbocycles. The minimum atomic E-state index is -0.157. The molecule has 5 rings (SSSR count). The number of carbonyl (C=O) groups excluding carboxylic acids is 2. The molecule has 0 bridgehead atoms. The van der Waals surface area contributed by atoms with Crippen LogP contribution in [0.3, 0.4) is 0 Å². The van der Waals surface area contributed by atoms with Crippen molar-refractivity contribution in [1.82, 2.24) is 15.3 Å². The molecule has 0 saturated heterocycles. The molecule has 2 unspecified atom stereocenters. The molecular formula is C36H41N5O2. The Hall–Kier alpha value is -4.52. The third-order valence-electron chi connectivity index (χ3n) is 8.32. The molecule has 1 fully saturated rings. The van der Waals surface area contributed by atoms with Gasteiger partial charge in [0, 0.05) is 40.3 Å². The summed E-state index contributed by atoms with van der Waals surface area (Å²) in [5.74, 6) is 0.779. The van der Waals surface area contributed by atoms with Gasteiger partial charge in [-0.3, -0.25) is 9.59 Å². The van der Waals surface area contributed by atoms with Crippen molar-refractivity contribution in [2.75, 3.05) is 10.6 Å². The van der Waals surface area contributed by atoms with E-state index in [2.05, 4.69) is 48.6 Å². The fourth-order valence-corrected chi connectivity index (χ4v) is 5.76. The van der Waals surface area contributed by atoms with Gasteiger partial charge in [-0.25, -0.2) is 9.97 Å². The van der Waals surface area contributed by atoms with E-state index in [1.165, 1.54) is 12.8 Å². The lowest BCUT2D eigenvalue weighted by Crippen LogP contribution is -2.41. The number of hydrogen-bond donors (Lipinski definition) is 3. The van der Waals surface area contributed by atoms with E-state index in [1.807, 2.05) is 79.7 Å². The molecule has 1 aromatic heterocycles. The Balaban J connectivity index is 1.29. The van der Waals surface area contributed by atoms with Crippen molar-refractivity contribution < 1.29 is 9.59 Å². The molecule has 1 saturated carbocycles. The van der Waals surface area contributed by atoms with Gasteiger partial charge in [-0.1, -0.05) is 70.9 Å². The van der Waals surface area contributed by atoms with Crippen molar-refractivity contribution in [1.29, 1.82) is 0 Å². The smallest absolute Gasteiger partial charge is 0.255 e. The number of carbonyl (C=O) groups is 2. The van der Waals surface area contributed by atoms with Crippen molar-refractivity contribution in [3.63, 3.8) is 0 Å². The molecule has 0 radical (unpaired) electrons. The number of nitrogens with one attached hydrogen (secondary N) is 3. The van der Waals surface area contributed by atoms with Gasteiger partial charge < -0.3 is 16.0 Å². The van der Waals surface area contributed by atoms with Gasteiger partial charge in [-0.2, -0.15) is 0 Å². The monoisotopic (exact) mass is 575 g/mol. The quantitative estimate of drug-likeness (QED) is 0.207. The highest BCUT2D eigenvalue weighted by atomic mass is 16.2. The van der Waals surface area contributed by atoms with Crippen LogP contribution in [0.5, 0.6) is 0 Å². The van der Waals surface area contributed by atoms with E-state index in [1.54, 1.807) is 6.20 Å². The van der Waals surface area contributed by atoms with Crippen LogP contribution in [0.4, 0.5) is 17.3 Å². The molecule has 0 spiro atoms. The van der Waals surface area contributed by atoms with Gasteiger partial charge >= 0.3 is 0 Å². The number of nitrogens with zero attached hydrogens (tertiary/aromatic N) is 2. The third kappa shape index (κ3) is 7.11. The van der Waals surface area contributed by atoms with E-state index < -0.39 is 0 Å². The van der Waals surface area contributed by atoms with Crippen LogP contribution in [-0.2, 0) is 5.41 Å². The maximum absolute atomic E-state index is 13.3. The average Bonchev–Trinajstić information content (AvgIpc) is 2.99. The van der Waals surface area contributed by atoms with Crippen LogP contribution < -0.4 is 16.0 Å². The van der Waals surface area contributed by atoms with Crippen LogP contribution in [0.2, 0.25) is 0 Å². The maximum atomic E-state index is 13.3. The van der Waals surface area contributed by atoms with Crippen LogP contribution in [0.1, 0.15) is 85.2 Å². The first-order valence-electron chi connectivity index (χ1n) is 15.1. The standard InChI is InChI=1S/C36H41N5O2/c1-23-11-6-9-15-30(23)39-33(42)25-17-19-26(20-18-25)38-35-37-22-21-32(41-35)27-13-10-16-31(24(27)2)40-34(43)28-12-7-8-14-29(28)36(3,4)5/h7-8,10,12-14,16-23,30H,6,9,11,15H2,1-5H3,(H,39,42)(H,40,43)(H,37,38,41). The van der Waals surface area contributed by atoms with E-state index in [4.69, 9.17) is 4.98 Å². The molecule has 3 N–H and O–H groups in total. The Kier molecular flexibility index (Phi) is 8.90. The molecular weight excluding hydrogens is 534 g/mol. The lowest BCUT2D eigenvalue weighted by atomic mass is 9.83. The van der Waals surface area contributed by atoms with Crippen molar-refractivity contribution in [2.24, 2.45) is 5.92 Å². The summed E-state index contributed by atoms with van der Waals surface area (Å²) in [6, 6.07) is 23.0. The van der Waals surface area contributed by atoms with Crippen LogP contribution >= 0.6 is 0 Å². The van der Waals surface area contributed by atoms with Crippen molar-refractivity contribution in [3.8, 4) is 11.3 Å². The third-order valence-corrected chi connectivity index (χ3v) is 8.32. The molecule has 7 heteroatoms. The highest BCUT2D eigenvalue weighted by Crippen LogP contribution is 2.30. The van der Waals surface area contributed by atoms with Crippen LogP contribution in [0.25, 0.3) is 11.3 Å². The zero-order chi connectivity index (χ0) is 30.6. The SMILES string of the molecule is Cc1c(NC(=O)c2ccccc2C(C)(C)C)cccc1-c1ccnc(Nc2ccc(C(=O)NC3CCCCC3C)cc2)n1. The molecule has 1 aliphatic rings. The van der Waals surface area contributed by atoms with Gasteiger partial charge in [0.15, 0.2) is 0 Å². The second kappa shape index (κ2) is 12.8. The molecule has 1 heterocycles. The normalized spacial score (nSPS) is 16.8. The Labute approximate surface area is 254 Å². The summed E-state index contributed by atoms with van der Waals surface area (Å²) in [6.45, 7) is 10.5. The first kappa shape index (κ1) is 30.0. The second-order valence-corrected chi connectivity index (χ2v) is 12.5. The van der Waals surface area contributed by atoms with Crippen LogP contribution in [0, 0.1) is 12.8 Å². The Bertz CT molecular complexity index is 1610. The fourth-order valence-electron chi connectivity index (χ4n) is 5.76. The molecule has 4 aromatic rings. The second-order valence-electron chi connectivity index (χ2n) is 12.5. The van der Waals surface area contributed by atoms with E-state index in [0.29, 0.717) is 23.0 Å². The summed E-state index contributed by atoms with van der Waals surface area (Å²) in [6.07, 6.45) is 6.33. The number of anilines is 3. The summed E-state index contributed by atoms with van der Waals surface area (Å²) in [7, 11) is 0. The van der Waals surface area contributed by atoms with Gasteiger partial charge in [-0.15, -0.1) is 0 Å². The summed E-state index contributed by atoms with van der Waals surface area (Å²) >= 11 is 0. The fraction of sp³-hybridized carbons (Fsp3) is 0.333. The van der Waals surface area contributed by atoms with E-state index in [0.717, 1.165) is 46.6 Å². The highest BCUT2D eigenvalue weighted by Gasteiger charge is 2.24. The Morgan fingerprint density at radius 3 is 2.35 bits per heavy atom. The predicted octanol–water partition coefficient (Wildman–Crippen LogP) is 8.05. The van der Waals surface area contributed by atoms with E-state index in [9.17, 15) is 9.59 Å². The Morgan fingerprint density at radius 1 is 0.860 bits per heavy atom. The first-order valence-corrected chi connectivity index (χ1v) is 15.1. The molecule has 7 nitrogen and oxygen atoms in total. The lowest BCUT2D eigenvalue weighted by molar-refractivity contribution is 0.0909. The molecule has 0 aliphatic heterocycles. The number of aromatic nitrogens is 2. The summed E-state index contributed by atoms with van der Waals surface area (Å²) in [4.78, 5) is 35.3. The summed E-state index contributed by atoms with van der Waals surface area (Å²) in [5, 5.41) is 9.58. The molecule has 1 aliphatic carbocycles. The Morgan fingerprint density at radius 2 is 1.60 bits per heavy atom. The van der Waals surface area contributed by atoms with E-state index in [-0.39, 0.29) is 23.3 Å². The van der Waals surface area contributed by atoms with Crippen molar-refractivity contribution in [2.45, 2.75) is 71.8 Å². The number of hydrogen-bond acceptors (Lipinski definition) is 5. The number of benzene rings is 3. The zero-order valence-corrected chi connectivity index (χ0v) is 25.7. The minimum Gasteiger partial charge on any atom is -0.349 e. The lowest BCUT2D eigenvalue weighted by Gasteiger charge is -2.29. The summed E-state index contributed by atoms with van der Waals surface area (Å²) in [5.41, 5.74) is 6.21. The topological polar surface area (TPSA) is 96.0 Å². The zero-order valence-electron chi connectivity index (χ0n) is 25.7.